The number of carbonyl (C=O) groups is 1. The minimum Gasteiger partial charge on any atom is -0.466 e. The zero-order valence-electron chi connectivity index (χ0n) is 15.7. The van der Waals surface area contributed by atoms with Gasteiger partial charge in [-0.3, -0.25) is 15.4 Å². The van der Waals surface area contributed by atoms with Crippen molar-refractivity contribution in [2.45, 2.75) is 24.9 Å². The van der Waals surface area contributed by atoms with E-state index >= 15 is 0 Å². The number of allylic oxidation sites excluding steroid dienone is 1. The first-order valence-electron chi connectivity index (χ1n) is 9.72. The van der Waals surface area contributed by atoms with Gasteiger partial charge in [-0.15, -0.1) is 0 Å². The Hall–Kier alpha value is -2.43. The maximum atomic E-state index is 13.1. The number of carbonyl (C=O) groups excluding carboxylic acids is 1. The van der Waals surface area contributed by atoms with Crippen LogP contribution in [0.25, 0.3) is 5.57 Å². The second kappa shape index (κ2) is 7.67. The largest absolute Gasteiger partial charge is 0.466 e. The first-order valence-corrected chi connectivity index (χ1v) is 9.72. The van der Waals surface area contributed by atoms with Crippen molar-refractivity contribution < 1.29 is 9.53 Å². The monoisotopic (exact) mass is 362 g/mol. The summed E-state index contributed by atoms with van der Waals surface area (Å²) in [5, 5.41) is 7.15. The SMILES string of the molecule is CCOC(=O)C1C(c2ccccc2)CC(c2ccccc2)=CC12NCCN2. The van der Waals surface area contributed by atoms with Crippen LogP contribution in [0.4, 0.5) is 0 Å². The molecule has 2 atom stereocenters. The molecule has 4 nitrogen and oxygen atoms in total. The Bertz CT molecular complexity index is 811. The van der Waals surface area contributed by atoms with Crippen molar-refractivity contribution in [3.05, 3.63) is 77.9 Å². The molecule has 0 saturated carbocycles. The first kappa shape index (κ1) is 18.0. The molecule has 0 radical (unpaired) electrons. The number of hydrogen-bond acceptors (Lipinski definition) is 4. The molecule has 2 aromatic carbocycles. The maximum Gasteiger partial charge on any atom is 0.313 e. The van der Waals surface area contributed by atoms with E-state index in [1.807, 2.05) is 31.2 Å². The molecule has 2 aliphatic rings. The van der Waals surface area contributed by atoms with Crippen LogP contribution in [0.15, 0.2) is 66.7 Å². The fourth-order valence-corrected chi connectivity index (χ4v) is 4.46. The van der Waals surface area contributed by atoms with Crippen molar-refractivity contribution in [2.24, 2.45) is 5.92 Å². The highest BCUT2D eigenvalue weighted by Crippen LogP contribution is 2.46. The van der Waals surface area contributed by atoms with Crippen LogP contribution in [0, 0.1) is 5.92 Å². The minimum atomic E-state index is -0.573. The van der Waals surface area contributed by atoms with Gasteiger partial charge in [-0.25, -0.2) is 0 Å². The van der Waals surface area contributed by atoms with E-state index in [4.69, 9.17) is 4.74 Å². The van der Waals surface area contributed by atoms with Crippen molar-refractivity contribution in [2.75, 3.05) is 19.7 Å². The topological polar surface area (TPSA) is 50.4 Å². The first-order chi connectivity index (χ1) is 13.2. The number of hydrogen-bond donors (Lipinski definition) is 2. The Labute approximate surface area is 160 Å². The standard InChI is InChI=1S/C23H26N2O2/c1-2-27-22(26)21-20(18-11-7-4-8-12-18)15-19(17-9-5-3-6-10-17)16-23(21)24-13-14-25-23/h3-12,16,20-21,24-25H,2,13-15H2,1H3. The van der Waals surface area contributed by atoms with Crippen molar-refractivity contribution >= 4 is 11.5 Å². The van der Waals surface area contributed by atoms with Gasteiger partial charge in [-0.05, 0) is 36.1 Å². The molecule has 4 heteroatoms. The Morgan fingerprint density at radius 1 is 1.04 bits per heavy atom. The van der Waals surface area contributed by atoms with Crippen LogP contribution in [0.5, 0.6) is 0 Å². The third kappa shape index (κ3) is 3.43. The van der Waals surface area contributed by atoms with Gasteiger partial charge in [0.2, 0.25) is 0 Å². The molecule has 140 valence electrons. The van der Waals surface area contributed by atoms with Crippen molar-refractivity contribution in [3.63, 3.8) is 0 Å². The summed E-state index contributed by atoms with van der Waals surface area (Å²) in [4.78, 5) is 13.1. The Morgan fingerprint density at radius 2 is 1.67 bits per heavy atom. The lowest BCUT2D eigenvalue weighted by Gasteiger charge is -2.43. The summed E-state index contributed by atoms with van der Waals surface area (Å²) in [7, 11) is 0. The molecule has 2 N–H and O–H groups in total. The normalized spacial score (nSPS) is 23.8. The summed E-state index contributed by atoms with van der Waals surface area (Å²) in [5.41, 5.74) is 3.06. The second-order valence-corrected chi connectivity index (χ2v) is 7.21. The number of benzene rings is 2. The van der Waals surface area contributed by atoms with Gasteiger partial charge >= 0.3 is 5.97 Å². The van der Waals surface area contributed by atoms with E-state index in [2.05, 4.69) is 53.1 Å². The molecule has 0 aromatic heterocycles. The fourth-order valence-electron chi connectivity index (χ4n) is 4.46. The number of ether oxygens (including phenoxy) is 1. The van der Waals surface area contributed by atoms with Crippen LogP contribution in [0.3, 0.4) is 0 Å². The van der Waals surface area contributed by atoms with Gasteiger partial charge < -0.3 is 4.74 Å². The lowest BCUT2D eigenvalue weighted by Crippen LogP contribution is -2.60. The summed E-state index contributed by atoms with van der Waals surface area (Å²) < 4.78 is 5.51. The van der Waals surface area contributed by atoms with Gasteiger partial charge in [0.15, 0.2) is 0 Å². The predicted molar refractivity (Wildman–Crippen MR) is 107 cm³/mol. The lowest BCUT2D eigenvalue weighted by molar-refractivity contribution is -0.151. The summed E-state index contributed by atoms with van der Waals surface area (Å²) in [6, 6.07) is 20.8. The highest BCUT2D eigenvalue weighted by atomic mass is 16.5. The summed E-state index contributed by atoms with van der Waals surface area (Å²) >= 11 is 0. The Morgan fingerprint density at radius 3 is 2.30 bits per heavy atom. The highest BCUT2D eigenvalue weighted by molar-refractivity contribution is 5.80. The molecule has 1 aliphatic carbocycles. The van der Waals surface area contributed by atoms with Crippen molar-refractivity contribution in [1.29, 1.82) is 0 Å². The molecule has 0 amide bonds. The van der Waals surface area contributed by atoms with E-state index in [-0.39, 0.29) is 17.8 Å². The molecule has 1 aliphatic heterocycles. The maximum absolute atomic E-state index is 13.1. The zero-order valence-corrected chi connectivity index (χ0v) is 15.7. The number of rotatable bonds is 4. The number of nitrogens with one attached hydrogen (secondary N) is 2. The number of esters is 1. The molecular formula is C23H26N2O2. The fraction of sp³-hybridized carbons (Fsp3) is 0.348. The van der Waals surface area contributed by atoms with E-state index in [1.165, 1.54) is 16.7 Å². The third-order valence-corrected chi connectivity index (χ3v) is 5.61. The molecule has 4 rings (SSSR count). The highest BCUT2D eigenvalue weighted by Gasteiger charge is 2.51. The molecular weight excluding hydrogens is 336 g/mol. The molecule has 27 heavy (non-hydrogen) atoms. The van der Waals surface area contributed by atoms with Crippen molar-refractivity contribution in [1.82, 2.24) is 10.6 Å². The minimum absolute atomic E-state index is 0.0450. The molecule has 1 saturated heterocycles. The molecule has 0 bridgehead atoms. The van der Waals surface area contributed by atoms with Crippen LogP contribution >= 0.6 is 0 Å². The van der Waals surface area contributed by atoms with Gasteiger partial charge in [0, 0.05) is 19.0 Å². The summed E-state index contributed by atoms with van der Waals surface area (Å²) in [5.74, 6) is -0.407. The molecule has 1 spiro atoms. The van der Waals surface area contributed by atoms with E-state index in [0.29, 0.717) is 6.61 Å². The predicted octanol–water partition coefficient (Wildman–Crippen LogP) is 3.33. The average Bonchev–Trinajstić information content (AvgIpc) is 3.17. The van der Waals surface area contributed by atoms with Crippen LogP contribution < -0.4 is 10.6 Å². The average molecular weight is 362 g/mol. The molecule has 1 fully saturated rings. The van der Waals surface area contributed by atoms with Crippen LogP contribution in [-0.2, 0) is 9.53 Å². The quantitative estimate of drug-likeness (QED) is 0.819. The van der Waals surface area contributed by atoms with E-state index in [0.717, 1.165) is 19.5 Å². The summed E-state index contributed by atoms with van der Waals surface area (Å²) in [6.07, 6.45) is 3.03. The van der Waals surface area contributed by atoms with Crippen LogP contribution in [-0.4, -0.2) is 31.3 Å². The Kier molecular flexibility index (Phi) is 5.10. The summed E-state index contributed by atoms with van der Waals surface area (Å²) in [6.45, 7) is 3.92. The van der Waals surface area contributed by atoms with Gasteiger partial charge in [0.25, 0.3) is 0 Å². The molecule has 2 unspecified atom stereocenters. The lowest BCUT2D eigenvalue weighted by atomic mass is 9.69. The van der Waals surface area contributed by atoms with E-state index in [9.17, 15) is 4.79 Å². The molecule has 2 aromatic rings. The van der Waals surface area contributed by atoms with E-state index < -0.39 is 5.66 Å². The second-order valence-electron chi connectivity index (χ2n) is 7.21. The van der Waals surface area contributed by atoms with Gasteiger partial charge in [-0.2, -0.15) is 0 Å². The van der Waals surface area contributed by atoms with E-state index in [1.54, 1.807) is 0 Å². The third-order valence-electron chi connectivity index (χ3n) is 5.61. The van der Waals surface area contributed by atoms with Gasteiger partial charge in [0.05, 0.1) is 12.5 Å². The van der Waals surface area contributed by atoms with Crippen LogP contribution in [0.1, 0.15) is 30.4 Å². The van der Waals surface area contributed by atoms with Crippen molar-refractivity contribution in [3.8, 4) is 0 Å². The zero-order chi connectivity index (χ0) is 18.7. The van der Waals surface area contributed by atoms with Crippen LogP contribution in [0.2, 0.25) is 0 Å². The smallest absolute Gasteiger partial charge is 0.313 e. The van der Waals surface area contributed by atoms with Gasteiger partial charge in [-0.1, -0.05) is 60.7 Å². The molecule has 1 heterocycles. The Balaban J connectivity index is 1.83. The van der Waals surface area contributed by atoms with Gasteiger partial charge in [0.1, 0.15) is 5.66 Å².